The summed E-state index contributed by atoms with van der Waals surface area (Å²) in [4.78, 5) is 2.43. The Morgan fingerprint density at radius 2 is 0.956 bits per heavy atom. The molecule has 9 rings (SSSR count). The first-order valence-corrected chi connectivity index (χ1v) is 15.5. The van der Waals surface area contributed by atoms with E-state index in [0.717, 1.165) is 27.6 Å². The van der Waals surface area contributed by atoms with Crippen LogP contribution >= 0.6 is 0 Å². The van der Waals surface area contributed by atoms with Gasteiger partial charge in [-0.25, -0.2) is 0 Å². The van der Waals surface area contributed by atoms with Gasteiger partial charge >= 0.3 is 0 Å². The zero-order chi connectivity index (χ0) is 29.7. The maximum atomic E-state index is 6.20. The highest BCUT2D eigenvalue weighted by atomic mass is 16.3. The average Bonchev–Trinajstić information content (AvgIpc) is 3.49. The number of hydrogen-bond acceptors (Lipinski definition) is 2. The second kappa shape index (κ2) is 10.4. The summed E-state index contributed by atoms with van der Waals surface area (Å²) >= 11 is 0. The molecule has 0 atom stereocenters. The van der Waals surface area contributed by atoms with E-state index >= 15 is 0 Å². The molecule has 7 aromatic carbocycles. The number of benzene rings is 7. The van der Waals surface area contributed by atoms with Crippen molar-refractivity contribution in [3.8, 4) is 22.3 Å². The van der Waals surface area contributed by atoms with Crippen LogP contribution in [-0.4, -0.2) is 6.71 Å². The highest BCUT2D eigenvalue weighted by Crippen LogP contribution is 2.40. The summed E-state index contributed by atoms with van der Waals surface area (Å²) in [5, 5.41) is 2.26. The summed E-state index contributed by atoms with van der Waals surface area (Å²) in [7, 11) is 0. The van der Waals surface area contributed by atoms with Gasteiger partial charge in [0, 0.05) is 27.8 Å². The van der Waals surface area contributed by atoms with Crippen LogP contribution in [-0.2, 0) is 0 Å². The van der Waals surface area contributed by atoms with Crippen molar-refractivity contribution >= 4 is 62.1 Å². The zero-order valence-electron chi connectivity index (χ0n) is 24.6. The molecule has 45 heavy (non-hydrogen) atoms. The van der Waals surface area contributed by atoms with Gasteiger partial charge in [-0.05, 0) is 69.6 Å². The van der Waals surface area contributed by atoms with Crippen LogP contribution < -0.4 is 21.3 Å². The Bertz CT molecular complexity index is 2240. The molecule has 2 heterocycles. The molecule has 0 saturated carbocycles. The van der Waals surface area contributed by atoms with E-state index in [1.165, 1.54) is 50.0 Å². The Kier molecular flexibility index (Phi) is 5.95. The smallest absolute Gasteiger partial charge is 0.248 e. The quantitative estimate of drug-likeness (QED) is 0.195. The largest absolute Gasteiger partial charge is 0.456 e. The van der Waals surface area contributed by atoms with Crippen molar-refractivity contribution in [2.75, 3.05) is 4.90 Å². The number of hydrogen-bond donors (Lipinski definition) is 0. The van der Waals surface area contributed by atoms with Crippen molar-refractivity contribution in [1.82, 2.24) is 0 Å². The van der Waals surface area contributed by atoms with E-state index in [1.807, 2.05) is 12.1 Å². The van der Waals surface area contributed by atoms with E-state index in [-0.39, 0.29) is 6.71 Å². The van der Waals surface area contributed by atoms with Crippen molar-refractivity contribution in [2.45, 2.75) is 0 Å². The van der Waals surface area contributed by atoms with E-state index in [0.29, 0.717) is 0 Å². The van der Waals surface area contributed by atoms with Crippen molar-refractivity contribution < 1.29 is 4.42 Å². The third-order valence-electron chi connectivity index (χ3n) is 9.16. The van der Waals surface area contributed by atoms with Gasteiger partial charge < -0.3 is 9.32 Å². The maximum absolute atomic E-state index is 6.20. The van der Waals surface area contributed by atoms with E-state index in [2.05, 4.69) is 163 Å². The van der Waals surface area contributed by atoms with Crippen LogP contribution in [0.5, 0.6) is 0 Å². The Morgan fingerprint density at radius 1 is 0.422 bits per heavy atom. The molecule has 0 radical (unpaired) electrons. The molecule has 0 amide bonds. The number of nitrogens with zero attached hydrogens (tertiary/aromatic N) is 1. The molecule has 1 aliphatic rings. The highest BCUT2D eigenvalue weighted by Gasteiger charge is 2.37. The fourth-order valence-corrected chi connectivity index (χ4v) is 7.23. The summed E-state index contributed by atoms with van der Waals surface area (Å²) in [5.41, 5.74) is 14.2. The highest BCUT2D eigenvalue weighted by molar-refractivity contribution is 6.99. The zero-order valence-corrected chi connectivity index (χ0v) is 24.6. The van der Waals surface area contributed by atoms with Gasteiger partial charge in [0.05, 0.1) is 0 Å². The minimum absolute atomic E-state index is 0.0266. The van der Waals surface area contributed by atoms with Crippen LogP contribution in [0.25, 0.3) is 44.2 Å². The standard InChI is InChI=1S/C42H28BNO/c1-3-14-29(15-4-1)32-19-13-20-33(30-16-5-2-6-17-30)42(32)43-36-21-8-10-23-38(36)44(39-24-11-9-22-37(39)43)31-26-27-41-35(28-31)34-18-7-12-25-40(34)45-41/h1-28H. The molecule has 3 heteroatoms. The van der Waals surface area contributed by atoms with Crippen LogP contribution in [0.15, 0.2) is 174 Å². The Labute approximate surface area is 262 Å². The second-order valence-electron chi connectivity index (χ2n) is 11.7. The van der Waals surface area contributed by atoms with Crippen molar-refractivity contribution in [3.05, 3.63) is 170 Å². The molecule has 210 valence electrons. The summed E-state index contributed by atoms with van der Waals surface area (Å²) < 4.78 is 6.20. The molecule has 2 nitrogen and oxygen atoms in total. The Hall–Kier alpha value is -5.80. The number of fused-ring (bicyclic) bond motifs is 5. The van der Waals surface area contributed by atoms with E-state index < -0.39 is 0 Å². The molecule has 0 spiro atoms. The van der Waals surface area contributed by atoms with Crippen LogP contribution in [0, 0.1) is 0 Å². The Morgan fingerprint density at radius 3 is 1.60 bits per heavy atom. The van der Waals surface area contributed by atoms with E-state index in [9.17, 15) is 0 Å². The fourth-order valence-electron chi connectivity index (χ4n) is 7.23. The molecule has 1 aromatic heterocycles. The molecule has 8 aromatic rings. The predicted octanol–water partition coefficient (Wildman–Crippen LogP) is 9.22. The Balaban J connectivity index is 1.32. The number of rotatable bonds is 4. The summed E-state index contributed by atoms with van der Waals surface area (Å²) in [5.74, 6) is 0. The number of para-hydroxylation sites is 3. The summed E-state index contributed by atoms with van der Waals surface area (Å²) in [6, 6.07) is 61.1. The minimum Gasteiger partial charge on any atom is -0.456 e. The minimum atomic E-state index is 0.0266. The topological polar surface area (TPSA) is 16.4 Å². The molecule has 0 unspecified atom stereocenters. The van der Waals surface area contributed by atoms with Gasteiger partial charge in [-0.15, -0.1) is 0 Å². The average molecular weight is 574 g/mol. The SMILES string of the molecule is c1ccc(-c2cccc(-c3ccccc3)c2B2c3ccccc3N(c3ccc4oc5ccccc5c4c3)c3ccccc32)cc1. The fraction of sp³-hybridized carbons (Fsp3) is 0. The first-order chi connectivity index (χ1) is 22.3. The summed E-state index contributed by atoms with van der Waals surface area (Å²) in [6.07, 6.45) is 0. The van der Waals surface area contributed by atoms with Gasteiger partial charge in [0.2, 0.25) is 6.71 Å². The van der Waals surface area contributed by atoms with Gasteiger partial charge in [0.1, 0.15) is 11.2 Å². The third-order valence-corrected chi connectivity index (χ3v) is 9.16. The van der Waals surface area contributed by atoms with Gasteiger partial charge in [-0.1, -0.05) is 139 Å². The van der Waals surface area contributed by atoms with E-state index in [4.69, 9.17) is 4.42 Å². The molecule has 0 fully saturated rings. The molecule has 0 aliphatic carbocycles. The lowest BCUT2D eigenvalue weighted by Gasteiger charge is -2.38. The van der Waals surface area contributed by atoms with Gasteiger partial charge in [-0.3, -0.25) is 0 Å². The first-order valence-electron chi connectivity index (χ1n) is 15.5. The van der Waals surface area contributed by atoms with Crippen LogP contribution in [0.1, 0.15) is 0 Å². The molecule has 1 aliphatic heterocycles. The molecule has 0 N–H and O–H groups in total. The van der Waals surface area contributed by atoms with Crippen LogP contribution in [0.3, 0.4) is 0 Å². The second-order valence-corrected chi connectivity index (χ2v) is 11.7. The summed E-state index contributed by atoms with van der Waals surface area (Å²) in [6.45, 7) is 0.0266. The molecular formula is C42H28BNO. The molecule has 0 saturated heterocycles. The van der Waals surface area contributed by atoms with Gasteiger partial charge in [0.15, 0.2) is 0 Å². The van der Waals surface area contributed by atoms with Gasteiger partial charge in [0.25, 0.3) is 0 Å². The van der Waals surface area contributed by atoms with Gasteiger partial charge in [-0.2, -0.15) is 0 Å². The van der Waals surface area contributed by atoms with Crippen molar-refractivity contribution in [3.63, 3.8) is 0 Å². The first kappa shape index (κ1) is 25.7. The predicted molar refractivity (Wildman–Crippen MR) is 190 cm³/mol. The van der Waals surface area contributed by atoms with Crippen LogP contribution in [0.4, 0.5) is 17.1 Å². The third kappa shape index (κ3) is 4.12. The normalized spacial score (nSPS) is 12.4. The van der Waals surface area contributed by atoms with Crippen molar-refractivity contribution in [2.24, 2.45) is 0 Å². The van der Waals surface area contributed by atoms with Crippen LogP contribution in [0.2, 0.25) is 0 Å². The number of anilines is 3. The van der Waals surface area contributed by atoms with Crippen molar-refractivity contribution in [1.29, 1.82) is 0 Å². The lowest BCUT2D eigenvalue weighted by Crippen LogP contribution is -2.58. The monoisotopic (exact) mass is 573 g/mol. The molecule has 0 bridgehead atoms. The van der Waals surface area contributed by atoms with E-state index in [1.54, 1.807) is 0 Å². The maximum Gasteiger partial charge on any atom is 0.248 e. The molecular weight excluding hydrogens is 545 g/mol. The number of furan rings is 1. The lowest BCUT2D eigenvalue weighted by molar-refractivity contribution is 0.669. The lowest BCUT2D eigenvalue weighted by atomic mass is 9.33.